The summed E-state index contributed by atoms with van der Waals surface area (Å²) in [7, 11) is 0. The van der Waals surface area contributed by atoms with Crippen LogP contribution in [0.5, 0.6) is 0 Å². The molecule has 1 aromatic heterocycles. The molecule has 0 bridgehead atoms. The Morgan fingerprint density at radius 1 is 1.35 bits per heavy atom. The van der Waals surface area contributed by atoms with E-state index in [0.29, 0.717) is 6.20 Å². The van der Waals surface area contributed by atoms with Gasteiger partial charge in [0.25, 0.3) is 6.43 Å². The maximum atomic E-state index is 12.7. The average molecular weight is 256 g/mol. The second kappa shape index (κ2) is 4.92. The Labute approximate surface area is 93.1 Å². The number of hydrogen-bond acceptors (Lipinski definition) is 3. The van der Waals surface area contributed by atoms with Crippen molar-refractivity contribution in [3.63, 3.8) is 0 Å². The molecule has 3 nitrogen and oxygen atoms in total. The minimum atomic E-state index is -4.85. The van der Waals surface area contributed by atoms with Gasteiger partial charge in [-0.3, -0.25) is 4.98 Å². The van der Waals surface area contributed by atoms with Crippen molar-refractivity contribution in [2.24, 2.45) is 5.73 Å². The van der Waals surface area contributed by atoms with E-state index in [1.165, 1.54) is 0 Å². The summed E-state index contributed by atoms with van der Waals surface area (Å²) in [5, 5.41) is 8.83. The van der Waals surface area contributed by atoms with Crippen LogP contribution in [-0.4, -0.2) is 10.1 Å². The minimum Gasteiger partial charge on any atom is -0.392 e. The van der Waals surface area contributed by atoms with E-state index < -0.39 is 42.4 Å². The predicted molar refractivity (Wildman–Crippen MR) is 48.0 cm³/mol. The van der Waals surface area contributed by atoms with Crippen molar-refractivity contribution in [3.05, 3.63) is 28.6 Å². The zero-order valence-electron chi connectivity index (χ0n) is 8.43. The summed E-state index contributed by atoms with van der Waals surface area (Å²) in [6.45, 7) is -1.57. The second-order valence-corrected chi connectivity index (χ2v) is 3.17. The van der Waals surface area contributed by atoms with Gasteiger partial charge in [0.15, 0.2) is 0 Å². The van der Waals surface area contributed by atoms with Crippen molar-refractivity contribution in [3.8, 4) is 0 Å². The molecule has 0 saturated heterocycles. The number of aliphatic hydroxyl groups is 1. The lowest BCUT2D eigenvalue weighted by atomic mass is 10.0. The van der Waals surface area contributed by atoms with Crippen LogP contribution in [0.25, 0.3) is 0 Å². The molecule has 0 aliphatic carbocycles. The van der Waals surface area contributed by atoms with Crippen LogP contribution in [0.3, 0.4) is 0 Å². The molecule has 0 aliphatic heterocycles. The third-order valence-electron chi connectivity index (χ3n) is 2.19. The zero-order chi connectivity index (χ0) is 13.2. The number of rotatable bonds is 3. The van der Waals surface area contributed by atoms with Crippen molar-refractivity contribution in [1.29, 1.82) is 0 Å². The monoisotopic (exact) mass is 256 g/mol. The Balaban J connectivity index is 3.52. The molecule has 3 N–H and O–H groups in total. The first-order chi connectivity index (χ1) is 7.82. The summed E-state index contributed by atoms with van der Waals surface area (Å²) >= 11 is 0. The van der Waals surface area contributed by atoms with Gasteiger partial charge in [-0.1, -0.05) is 0 Å². The summed E-state index contributed by atoms with van der Waals surface area (Å²) in [6, 6.07) is 0. The van der Waals surface area contributed by atoms with E-state index in [9.17, 15) is 22.0 Å². The number of nitrogens with zero attached hydrogens (tertiary/aromatic N) is 1. The Bertz CT molecular complexity index is 405. The van der Waals surface area contributed by atoms with Gasteiger partial charge in [-0.25, -0.2) is 8.78 Å². The normalized spacial score (nSPS) is 12.2. The van der Waals surface area contributed by atoms with Gasteiger partial charge in [-0.2, -0.15) is 13.2 Å². The predicted octanol–water partition coefficient (Wildman–Crippen LogP) is 1.99. The van der Waals surface area contributed by atoms with E-state index in [4.69, 9.17) is 10.8 Å². The zero-order valence-corrected chi connectivity index (χ0v) is 8.43. The summed E-state index contributed by atoms with van der Waals surface area (Å²) < 4.78 is 62.8. The first-order valence-corrected chi connectivity index (χ1v) is 4.49. The minimum absolute atomic E-state index is 0.350. The van der Waals surface area contributed by atoms with Crippen LogP contribution in [0.15, 0.2) is 6.20 Å². The molecule has 0 fully saturated rings. The van der Waals surface area contributed by atoms with Crippen molar-refractivity contribution in [1.82, 2.24) is 4.98 Å². The van der Waals surface area contributed by atoms with Crippen LogP contribution in [0.2, 0.25) is 0 Å². The van der Waals surface area contributed by atoms with Crippen LogP contribution < -0.4 is 5.73 Å². The number of aliphatic hydroxyl groups excluding tert-OH is 1. The van der Waals surface area contributed by atoms with Crippen molar-refractivity contribution in [2.45, 2.75) is 25.8 Å². The topological polar surface area (TPSA) is 59.1 Å². The van der Waals surface area contributed by atoms with Gasteiger partial charge in [-0.15, -0.1) is 0 Å². The maximum absolute atomic E-state index is 12.7. The molecule has 0 unspecified atom stereocenters. The molecule has 1 rings (SSSR count). The Hall–Kier alpha value is -1.28. The molecule has 0 aliphatic rings. The van der Waals surface area contributed by atoms with Gasteiger partial charge in [0, 0.05) is 23.9 Å². The number of halogens is 5. The molecular formula is C9H9F5N2O. The third kappa shape index (κ3) is 2.70. The number of aromatic nitrogens is 1. The van der Waals surface area contributed by atoms with Gasteiger partial charge in [-0.05, 0) is 0 Å². The van der Waals surface area contributed by atoms with Crippen LogP contribution in [0.1, 0.15) is 28.8 Å². The molecule has 0 spiro atoms. The number of pyridine rings is 1. The van der Waals surface area contributed by atoms with Crippen molar-refractivity contribution >= 4 is 0 Å². The van der Waals surface area contributed by atoms with Gasteiger partial charge in [0.05, 0.1) is 17.9 Å². The molecule has 0 amide bonds. The fourth-order valence-corrected chi connectivity index (χ4v) is 1.44. The van der Waals surface area contributed by atoms with E-state index in [-0.39, 0.29) is 5.69 Å². The molecule has 0 aromatic carbocycles. The lowest BCUT2D eigenvalue weighted by Crippen LogP contribution is -2.16. The van der Waals surface area contributed by atoms with Gasteiger partial charge >= 0.3 is 6.18 Å². The quantitative estimate of drug-likeness (QED) is 0.813. The van der Waals surface area contributed by atoms with E-state index in [1.54, 1.807) is 0 Å². The highest BCUT2D eigenvalue weighted by Gasteiger charge is 2.36. The van der Waals surface area contributed by atoms with Gasteiger partial charge in [0.2, 0.25) is 0 Å². The lowest BCUT2D eigenvalue weighted by Gasteiger charge is -2.17. The highest BCUT2D eigenvalue weighted by molar-refractivity contribution is 5.38. The van der Waals surface area contributed by atoms with Crippen molar-refractivity contribution in [2.75, 3.05) is 0 Å². The summed E-state index contributed by atoms with van der Waals surface area (Å²) in [4.78, 5) is 3.26. The number of hydrogen-bond donors (Lipinski definition) is 2. The lowest BCUT2D eigenvalue weighted by molar-refractivity contribution is -0.139. The van der Waals surface area contributed by atoms with Crippen molar-refractivity contribution < 1.29 is 27.1 Å². The molecule has 1 heterocycles. The van der Waals surface area contributed by atoms with Crippen LogP contribution in [0.4, 0.5) is 22.0 Å². The molecular weight excluding hydrogens is 247 g/mol. The average Bonchev–Trinajstić information content (AvgIpc) is 2.25. The second-order valence-electron chi connectivity index (χ2n) is 3.17. The fraction of sp³-hybridized carbons (Fsp3) is 0.444. The summed E-state index contributed by atoms with van der Waals surface area (Å²) in [5.41, 5.74) is 1.58. The Kier molecular flexibility index (Phi) is 3.99. The van der Waals surface area contributed by atoms with Crippen LogP contribution in [0, 0.1) is 0 Å². The SMILES string of the molecule is NCc1ncc(C(F)(F)F)c(CO)c1C(F)F. The first kappa shape index (κ1) is 13.8. The Morgan fingerprint density at radius 2 is 1.94 bits per heavy atom. The summed E-state index contributed by atoms with van der Waals surface area (Å²) in [5.74, 6) is 0. The first-order valence-electron chi connectivity index (χ1n) is 4.49. The molecule has 1 aromatic rings. The molecule has 0 saturated carbocycles. The maximum Gasteiger partial charge on any atom is 0.418 e. The molecule has 0 atom stereocenters. The Morgan fingerprint density at radius 3 is 2.29 bits per heavy atom. The van der Waals surface area contributed by atoms with E-state index in [1.807, 2.05) is 0 Å². The summed E-state index contributed by atoms with van der Waals surface area (Å²) in [6.07, 6.45) is -7.62. The molecule has 96 valence electrons. The van der Waals surface area contributed by atoms with E-state index in [2.05, 4.69) is 4.98 Å². The van der Waals surface area contributed by atoms with Crippen LogP contribution in [-0.2, 0) is 19.3 Å². The van der Waals surface area contributed by atoms with E-state index in [0.717, 1.165) is 0 Å². The van der Waals surface area contributed by atoms with Crippen LogP contribution >= 0.6 is 0 Å². The number of alkyl halides is 5. The highest BCUT2D eigenvalue weighted by Crippen LogP contribution is 2.36. The van der Waals surface area contributed by atoms with Gasteiger partial charge < -0.3 is 10.8 Å². The van der Waals surface area contributed by atoms with E-state index >= 15 is 0 Å². The molecule has 0 radical (unpaired) electrons. The third-order valence-corrected chi connectivity index (χ3v) is 2.19. The fourth-order valence-electron chi connectivity index (χ4n) is 1.44. The number of nitrogens with two attached hydrogens (primary N) is 1. The molecule has 8 heteroatoms. The highest BCUT2D eigenvalue weighted by atomic mass is 19.4. The molecule has 17 heavy (non-hydrogen) atoms. The largest absolute Gasteiger partial charge is 0.418 e. The van der Waals surface area contributed by atoms with Gasteiger partial charge in [0.1, 0.15) is 0 Å². The standard InChI is InChI=1S/C9H9F5N2O/c10-8(11)7-4(3-17)5(9(12,13)14)2-16-6(7)1-15/h2,8,17H,1,3,15H2. The smallest absolute Gasteiger partial charge is 0.392 e.